The first-order valence-corrected chi connectivity index (χ1v) is 10.0. The van der Waals surface area contributed by atoms with Crippen LogP contribution in [0.25, 0.3) is 11.4 Å². The molecule has 2 fully saturated rings. The predicted molar refractivity (Wildman–Crippen MR) is 109 cm³/mol. The topological polar surface area (TPSA) is 83.9 Å². The molecule has 3 heterocycles. The van der Waals surface area contributed by atoms with E-state index >= 15 is 0 Å². The van der Waals surface area contributed by atoms with Crippen LogP contribution in [0, 0.1) is 18.7 Å². The zero-order chi connectivity index (χ0) is 20.7. The van der Waals surface area contributed by atoms with E-state index in [1.54, 1.807) is 47.9 Å². The molecule has 3 aromatic rings. The van der Waals surface area contributed by atoms with Gasteiger partial charge in [-0.15, -0.1) is 0 Å². The molecule has 1 aliphatic heterocycles. The van der Waals surface area contributed by atoms with Crippen LogP contribution in [0.15, 0.2) is 49.1 Å². The molecule has 5 rings (SSSR count). The van der Waals surface area contributed by atoms with E-state index in [1.807, 2.05) is 6.92 Å². The number of hydrogen-bond acceptors (Lipinski definition) is 6. The molecule has 1 aliphatic carbocycles. The highest BCUT2D eigenvalue weighted by atomic mass is 19.1. The van der Waals surface area contributed by atoms with Gasteiger partial charge in [-0.1, -0.05) is 12.1 Å². The van der Waals surface area contributed by atoms with Crippen molar-refractivity contribution >= 4 is 11.9 Å². The van der Waals surface area contributed by atoms with Crippen molar-refractivity contribution in [2.24, 2.45) is 5.92 Å². The first kappa shape index (κ1) is 18.6. The minimum absolute atomic E-state index is 0.0292. The summed E-state index contributed by atoms with van der Waals surface area (Å²) in [6, 6.07) is 6.27. The van der Waals surface area contributed by atoms with E-state index in [0.29, 0.717) is 29.8 Å². The maximum atomic E-state index is 14.8. The van der Waals surface area contributed by atoms with E-state index in [-0.39, 0.29) is 23.6 Å². The zero-order valence-electron chi connectivity index (χ0n) is 16.5. The maximum Gasteiger partial charge on any atom is 0.257 e. The highest BCUT2D eigenvalue weighted by molar-refractivity contribution is 6.00. The largest absolute Gasteiger partial charge is 0.349 e. The Kier molecular flexibility index (Phi) is 4.61. The molecule has 2 bridgehead atoms. The van der Waals surface area contributed by atoms with Crippen LogP contribution in [0.5, 0.6) is 0 Å². The molecule has 1 N–H and O–H groups in total. The van der Waals surface area contributed by atoms with E-state index in [9.17, 15) is 9.18 Å². The first-order valence-electron chi connectivity index (χ1n) is 10.0. The molecule has 3 unspecified atom stereocenters. The van der Waals surface area contributed by atoms with E-state index in [1.165, 1.54) is 6.07 Å². The number of aromatic nitrogens is 4. The van der Waals surface area contributed by atoms with Gasteiger partial charge in [0.15, 0.2) is 5.82 Å². The molecule has 152 valence electrons. The number of anilines is 1. The van der Waals surface area contributed by atoms with E-state index < -0.39 is 5.82 Å². The number of likely N-dealkylation sites (tertiary alicyclic amines) is 1. The Morgan fingerprint density at radius 2 is 1.87 bits per heavy atom. The third-order valence-corrected chi connectivity index (χ3v) is 5.87. The minimum Gasteiger partial charge on any atom is -0.349 e. The number of carbonyl (C=O) groups excluding carboxylic acids is 1. The van der Waals surface area contributed by atoms with Crippen molar-refractivity contribution in [3.05, 3.63) is 66.0 Å². The highest BCUT2D eigenvalue weighted by Crippen LogP contribution is 2.40. The molecule has 1 aromatic carbocycles. The average Bonchev–Trinajstić information content (AvgIpc) is 3.36. The van der Waals surface area contributed by atoms with Crippen molar-refractivity contribution in [3.8, 4) is 11.4 Å². The lowest BCUT2D eigenvalue weighted by Gasteiger charge is -2.34. The second kappa shape index (κ2) is 7.44. The average molecular weight is 404 g/mol. The van der Waals surface area contributed by atoms with E-state index in [0.717, 1.165) is 18.4 Å². The number of aryl methyl sites for hydroxylation is 1. The third-order valence-electron chi connectivity index (χ3n) is 5.87. The number of hydrogen-bond donors (Lipinski definition) is 1. The second-order valence-electron chi connectivity index (χ2n) is 7.93. The van der Waals surface area contributed by atoms with Gasteiger partial charge in [0, 0.05) is 42.9 Å². The summed E-state index contributed by atoms with van der Waals surface area (Å²) in [5.74, 6) is 0.394. The molecular formula is C22H21FN6O. The van der Waals surface area contributed by atoms with Crippen LogP contribution in [0.2, 0.25) is 0 Å². The molecule has 3 atom stereocenters. The van der Waals surface area contributed by atoms with Crippen molar-refractivity contribution < 1.29 is 9.18 Å². The van der Waals surface area contributed by atoms with Crippen LogP contribution in [-0.4, -0.2) is 49.4 Å². The lowest BCUT2D eigenvalue weighted by molar-refractivity contribution is 0.0688. The van der Waals surface area contributed by atoms with Crippen molar-refractivity contribution in [1.82, 2.24) is 24.8 Å². The summed E-state index contributed by atoms with van der Waals surface area (Å²) in [5.41, 5.74) is 1.43. The Labute approximate surface area is 173 Å². The molecule has 2 aromatic heterocycles. The smallest absolute Gasteiger partial charge is 0.257 e. The summed E-state index contributed by atoms with van der Waals surface area (Å²) in [4.78, 5) is 32.3. The molecule has 1 saturated carbocycles. The lowest BCUT2D eigenvalue weighted by Crippen LogP contribution is -2.48. The monoisotopic (exact) mass is 404 g/mol. The van der Waals surface area contributed by atoms with E-state index in [4.69, 9.17) is 0 Å². The molecule has 7 nitrogen and oxygen atoms in total. The van der Waals surface area contributed by atoms with Crippen molar-refractivity contribution in [1.29, 1.82) is 0 Å². The predicted octanol–water partition coefficient (Wildman–Crippen LogP) is 3.10. The van der Waals surface area contributed by atoms with E-state index in [2.05, 4.69) is 25.3 Å². The molecule has 1 amide bonds. The fourth-order valence-electron chi connectivity index (χ4n) is 4.56. The van der Waals surface area contributed by atoms with Gasteiger partial charge >= 0.3 is 0 Å². The van der Waals surface area contributed by atoms with Gasteiger partial charge in [0.1, 0.15) is 5.82 Å². The molecular weight excluding hydrogens is 383 g/mol. The zero-order valence-corrected chi connectivity index (χ0v) is 16.5. The number of carbonyl (C=O) groups is 1. The van der Waals surface area contributed by atoms with Gasteiger partial charge in [-0.3, -0.25) is 4.79 Å². The Bertz CT molecular complexity index is 1070. The van der Waals surface area contributed by atoms with Crippen molar-refractivity contribution in [3.63, 3.8) is 0 Å². The number of rotatable bonds is 4. The third kappa shape index (κ3) is 3.28. The normalized spacial score (nSPS) is 22.3. The molecule has 2 aliphatic rings. The summed E-state index contributed by atoms with van der Waals surface area (Å²) in [5, 5.41) is 3.36. The fourth-order valence-corrected chi connectivity index (χ4v) is 4.56. The SMILES string of the molecule is Cc1cnc(NC2CC3CC2N(C(=O)c2c(F)cccc2-c2ncccn2)C3)nc1. The van der Waals surface area contributed by atoms with Gasteiger partial charge in [0.05, 0.1) is 11.6 Å². The maximum absolute atomic E-state index is 14.8. The second-order valence-corrected chi connectivity index (χ2v) is 7.93. The minimum atomic E-state index is -0.556. The summed E-state index contributed by atoms with van der Waals surface area (Å²) >= 11 is 0. The number of nitrogens with zero attached hydrogens (tertiary/aromatic N) is 5. The lowest BCUT2D eigenvalue weighted by atomic mass is 10.0. The first-order chi connectivity index (χ1) is 14.6. The fraction of sp³-hybridized carbons (Fsp3) is 0.318. The molecule has 30 heavy (non-hydrogen) atoms. The van der Waals surface area contributed by atoms with Crippen LogP contribution in [-0.2, 0) is 0 Å². The summed E-state index contributed by atoms with van der Waals surface area (Å²) < 4.78 is 14.8. The van der Waals surface area contributed by atoms with Gasteiger partial charge in [-0.2, -0.15) is 0 Å². The number of amides is 1. The summed E-state index contributed by atoms with van der Waals surface area (Å²) in [6.45, 7) is 2.56. The Balaban J connectivity index is 1.43. The quantitative estimate of drug-likeness (QED) is 0.719. The highest BCUT2D eigenvalue weighted by Gasteiger charge is 2.48. The van der Waals surface area contributed by atoms with Crippen LogP contribution in [0.1, 0.15) is 28.8 Å². The summed E-state index contributed by atoms with van der Waals surface area (Å²) in [7, 11) is 0. The van der Waals surface area contributed by atoms with Gasteiger partial charge in [0.25, 0.3) is 5.91 Å². The number of piperidine rings is 1. The van der Waals surface area contributed by atoms with Crippen LogP contribution >= 0.6 is 0 Å². The van der Waals surface area contributed by atoms with Crippen LogP contribution < -0.4 is 5.32 Å². The number of nitrogens with one attached hydrogen (secondary N) is 1. The Morgan fingerprint density at radius 3 is 2.60 bits per heavy atom. The van der Waals surface area contributed by atoms with Crippen molar-refractivity contribution in [2.75, 3.05) is 11.9 Å². The Morgan fingerprint density at radius 1 is 1.10 bits per heavy atom. The van der Waals surface area contributed by atoms with Crippen LogP contribution in [0.3, 0.4) is 0 Å². The number of benzene rings is 1. The molecule has 0 radical (unpaired) electrons. The number of fused-ring (bicyclic) bond motifs is 2. The molecule has 1 saturated heterocycles. The molecule has 0 spiro atoms. The van der Waals surface area contributed by atoms with Crippen molar-refractivity contribution in [2.45, 2.75) is 31.8 Å². The Hall–Kier alpha value is -3.42. The van der Waals surface area contributed by atoms with Gasteiger partial charge in [-0.25, -0.2) is 24.3 Å². The van der Waals surface area contributed by atoms with Gasteiger partial charge in [-0.05, 0) is 43.4 Å². The van der Waals surface area contributed by atoms with Gasteiger partial charge in [0.2, 0.25) is 5.95 Å². The summed E-state index contributed by atoms with van der Waals surface area (Å²) in [6.07, 6.45) is 8.52. The molecule has 8 heteroatoms. The van der Waals surface area contributed by atoms with Crippen LogP contribution in [0.4, 0.5) is 10.3 Å². The standard InChI is InChI=1S/C22H21FN6O/c1-13-10-26-22(27-11-13)28-17-8-14-9-18(17)29(12-14)21(30)19-15(4-2-5-16(19)23)20-24-6-3-7-25-20/h2-7,10-11,14,17-18H,8-9,12H2,1H3,(H,26,27,28). The van der Waals surface area contributed by atoms with Gasteiger partial charge < -0.3 is 10.2 Å². The number of halogens is 1.